The number of pyridine rings is 2. The molecule has 0 spiro atoms. The van der Waals surface area contributed by atoms with Crippen molar-refractivity contribution in [2.45, 2.75) is 12.5 Å². The number of hydrogen-bond acceptors (Lipinski definition) is 5. The van der Waals surface area contributed by atoms with Crippen LogP contribution in [0.25, 0.3) is 22.0 Å². The molecule has 1 atom stereocenters. The maximum atomic E-state index is 12.6. The van der Waals surface area contributed by atoms with Crippen LogP contribution in [0.15, 0.2) is 67.1 Å². The number of amides is 1. The minimum absolute atomic E-state index is 0.0749. The molecule has 3 aromatic heterocycles. The number of hydrogen-bond donors (Lipinski definition) is 3. The van der Waals surface area contributed by atoms with Gasteiger partial charge in [-0.3, -0.25) is 14.8 Å². The monoisotopic (exact) mass is 427 g/mol. The van der Waals surface area contributed by atoms with Gasteiger partial charge in [-0.05, 0) is 30.3 Å². The minimum atomic E-state index is -0.0947. The van der Waals surface area contributed by atoms with E-state index in [9.17, 15) is 4.79 Å². The van der Waals surface area contributed by atoms with Gasteiger partial charge in [0.05, 0.1) is 12.3 Å². The third-order valence-corrected chi connectivity index (χ3v) is 5.70. The van der Waals surface area contributed by atoms with Crippen LogP contribution in [0.3, 0.4) is 0 Å². The molecule has 4 heterocycles. The van der Waals surface area contributed by atoms with E-state index in [4.69, 9.17) is 4.74 Å². The van der Waals surface area contributed by atoms with E-state index in [1.54, 1.807) is 12.4 Å². The molecule has 1 unspecified atom stereocenters. The van der Waals surface area contributed by atoms with Crippen LogP contribution in [0.2, 0.25) is 0 Å². The van der Waals surface area contributed by atoms with Crippen LogP contribution in [0, 0.1) is 0 Å². The standard InChI is InChI=1S/C25H25N5O2/c31-25(29-11-8-18-4-1-2-9-27-18)17-6-7-19-21(15-30-22(19)14-17)20-5-3-10-28-24(20)23-16-26-12-13-32-23/h1-7,9-10,14-15,23,26,30H,8,11-13,16H2,(H,29,31). The average Bonchev–Trinajstić information content (AvgIpc) is 3.28. The molecule has 0 saturated carbocycles. The molecule has 0 aliphatic carbocycles. The Morgan fingerprint density at radius 2 is 2.03 bits per heavy atom. The molecule has 1 aromatic carbocycles. The summed E-state index contributed by atoms with van der Waals surface area (Å²) in [5, 5.41) is 7.39. The Morgan fingerprint density at radius 1 is 1.09 bits per heavy atom. The topological polar surface area (TPSA) is 91.9 Å². The van der Waals surface area contributed by atoms with Crippen LogP contribution in [-0.2, 0) is 11.2 Å². The molecule has 1 saturated heterocycles. The van der Waals surface area contributed by atoms with Crippen LogP contribution in [0.5, 0.6) is 0 Å². The number of H-pyrrole nitrogens is 1. The Labute approximate surface area is 186 Å². The van der Waals surface area contributed by atoms with Gasteiger partial charge in [-0.2, -0.15) is 0 Å². The maximum absolute atomic E-state index is 12.6. The first-order valence-electron chi connectivity index (χ1n) is 10.9. The van der Waals surface area contributed by atoms with Crippen LogP contribution >= 0.6 is 0 Å². The fourth-order valence-electron chi connectivity index (χ4n) is 4.09. The molecule has 1 aliphatic rings. The number of fused-ring (bicyclic) bond motifs is 1. The molecule has 32 heavy (non-hydrogen) atoms. The SMILES string of the molecule is O=C(NCCc1ccccn1)c1ccc2c(-c3cccnc3C3CNCCO3)c[nH]c2c1. The van der Waals surface area contributed by atoms with Crippen molar-refractivity contribution in [3.63, 3.8) is 0 Å². The average molecular weight is 428 g/mol. The second-order valence-corrected chi connectivity index (χ2v) is 7.79. The van der Waals surface area contributed by atoms with Crippen LogP contribution in [0.4, 0.5) is 0 Å². The molecule has 5 rings (SSSR count). The first-order valence-corrected chi connectivity index (χ1v) is 10.9. The number of carbonyl (C=O) groups is 1. The van der Waals surface area contributed by atoms with Gasteiger partial charge in [-0.15, -0.1) is 0 Å². The highest BCUT2D eigenvalue weighted by Gasteiger charge is 2.22. The van der Waals surface area contributed by atoms with E-state index in [1.807, 2.05) is 48.7 Å². The number of aromatic nitrogens is 3. The predicted molar refractivity (Wildman–Crippen MR) is 123 cm³/mol. The lowest BCUT2D eigenvalue weighted by molar-refractivity contribution is 0.0254. The number of rotatable bonds is 6. The number of carbonyl (C=O) groups excluding carboxylic acids is 1. The van der Waals surface area contributed by atoms with E-state index in [2.05, 4.69) is 31.7 Å². The van der Waals surface area contributed by atoms with Crippen molar-refractivity contribution in [3.8, 4) is 11.1 Å². The lowest BCUT2D eigenvalue weighted by Gasteiger charge is -2.24. The van der Waals surface area contributed by atoms with Crippen molar-refractivity contribution < 1.29 is 9.53 Å². The lowest BCUT2D eigenvalue weighted by Crippen LogP contribution is -2.34. The van der Waals surface area contributed by atoms with Crippen molar-refractivity contribution in [2.24, 2.45) is 0 Å². The fraction of sp³-hybridized carbons (Fsp3) is 0.240. The summed E-state index contributed by atoms with van der Waals surface area (Å²) in [6.07, 6.45) is 6.17. The van der Waals surface area contributed by atoms with E-state index in [0.29, 0.717) is 25.1 Å². The largest absolute Gasteiger partial charge is 0.369 e. The molecule has 1 fully saturated rings. The Morgan fingerprint density at radius 3 is 2.88 bits per heavy atom. The van der Waals surface area contributed by atoms with E-state index in [-0.39, 0.29) is 12.0 Å². The second-order valence-electron chi connectivity index (χ2n) is 7.79. The normalized spacial score (nSPS) is 16.2. The van der Waals surface area contributed by atoms with E-state index >= 15 is 0 Å². The highest BCUT2D eigenvalue weighted by molar-refractivity contribution is 6.02. The fourth-order valence-corrected chi connectivity index (χ4v) is 4.09. The van der Waals surface area contributed by atoms with Gasteiger partial charge in [0.2, 0.25) is 0 Å². The number of ether oxygens (including phenoxy) is 1. The van der Waals surface area contributed by atoms with Gasteiger partial charge in [-0.1, -0.05) is 18.2 Å². The summed E-state index contributed by atoms with van der Waals surface area (Å²) in [5.74, 6) is -0.0947. The predicted octanol–water partition coefficient (Wildman–Crippen LogP) is 3.26. The van der Waals surface area contributed by atoms with Crippen molar-refractivity contribution in [1.29, 1.82) is 0 Å². The first kappa shape index (κ1) is 20.4. The summed E-state index contributed by atoms with van der Waals surface area (Å²) in [5.41, 5.74) is 5.52. The van der Waals surface area contributed by atoms with Crippen molar-refractivity contribution >= 4 is 16.8 Å². The number of nitrogens with zero attached hydrogens (tertiary/aromatic N) is 2. The van der Waals surface area contributed by atoms with E-state index in [0.717, 1.165) is 46.5 Å². The molecule has 162 valence electrons. The van der Waals surface area contributed by atoms with Gasteiger partial charge in [0.1, 0.15) is 6.10 Å². The summed E-state index contributed by atoms with van der Waals surface area (Å²) in [4.78, 5) is 24.9. The summed E-state index contributed by atoms with van der Waals surface area (Å²) < 4.78 is 5.94. The molecular formula is C25H25N5O2. The zero-order valence-electron chi connectivity index (χ0n) is 17.7. The third-order valence-electron chi connectivity index (χ3n) is 5.70. The number of nitrogens with one attached hydrogen (secondary N) is 3. The van der Waals surface area contributed by atoms with Crippen LogP contribution < -0.4 is 10.6 Å². The number of morpholine rings is 1. The van der Waals surface area contributed by atoms with Gasteiger partial charge in [0.15, 0.2) is 0 Å². The van der Waals surface area contributed by atoms with Crippen LogP contribution in [0.1, 0.15) is 27.8 Å². The molecule has 1 aliphatic heterocycles. The zero-order chi connectivity index (χ0) is 21.8. The van der Waals surface area contributed by atoms with Gasteiger partial charge < -0.3 is 20.4 Å². The van der Waals surface area contributed by atoms with E-state index < -0.39 is 0 Å². The van der Waals surface area contributed by atoms with Gasteiger partial charge >= 0.3 is 0 Å². The molecule has 7 heteroatoms. The van der Waals surface area contributed by atoms with Gasteiger partial charge in [0, 0.05) is 77.9 Å². The summed E-state index contributed by atoms with van der Waals surface area (Å²) in [7, 11) is 0. The molecular weight excluding hydrogens is 402 g/mol. The van der Waals surface area contributed by atoms with Crippen molar-refractivity contribution in [1.82, 2.24) is 25.6 Å². The third kappa shape index (κ3) is 4.26. The second kappa shape index (κ2) is 9.30. The summed E-state index contributed by atoms with van der Waals surface area (Å²) in [6.45, 7) is 2.82. The Kier molecular flexibility index (Phi) is 5.91. The van der Waals surface area contributed by atoms with Crippen LogP contribution in [-0.4, -0.2) is 47.1 Å². The number of benzene rings is 1. The molecule has 0 bridgehead atoms. The maximum Gasteiger partial charge on any atom is 0.251 e. The molecule has 3 N–H and O–H groups in total. The highest BCUT2D eigenvalue weighted by Crippen LogP contribution is 2.34. The number of aromatic amines is 1. The van der Waals surface area contributed by atoms with Crippen molar-refractivity contribution in [3.05, 3.63) is 84.1 Å². The Balaban J connectivity index is 1.35. The lowest BCUT2D eigenvalue weighted by atomic mass is 9.99. The quantitative estimate of drug-likeness (QED) is 0.439. The molecule has 0 radical (unpaired) electrons. The minimum Gasteiger partial charge on any atom is -0.369 e. The van der Waals surface area contributed by atoms with Crippen molar-refractivity contribution in [2.75, 3.05) is 26.2 Å². The molecule has 1 amide bonds. The molecule has 4 aromatic rings. The first-order chi connectivity index (χ1) is 15.8. The van der Waals surface area contributed by atoms with E-state index in [1.165, 1.54) is 0 Å². The Bertz CT molecular complexity index is 1220. The van der Waals surface area contributed by atoms with Gasteiger partial charge in [0.25, 0.3) is 5.91 Å². The van der Waals surface area contributed by atoms with Gasteiger partial charge in [-0.25, -0.2) is 0 Å². The smallest absolute Gasteiger partial charge is 0.251 e. The Hall–Kier alpha value is -3.55. The molecule has 7 nitrogen and oxygen atoms in total. The summed E-state index contributed by atoms with van der Waals surface area (Å²) >= 11 is 0. The highest BCUT2D eigenvalue weighted by atomic mass is 16.5. The summed E-state index contributed by atoms with van der Waals surface area (Å²) in [6, 6.07) is 15.6. The zero-order valence-corrected chi connectivity index (χ0v) is 17.7.